The van der Waals surface area contributed by atoms with Crippen molar-refractivity contribution in [2.45, 2.75) is 38.8 Å². The van der Waals surface area contributed by atoms with E-state index in [-0.39, 0.29) is 0 Å². The second kappa shape index (κ2) is 13.1. The van der Waals surface area contributed by atoms with Crippen LogP contribution in [0.25, 0.3) is 10.9 Å². The molecule has 0 atom stereocenters. The lowest BCUT2D eigenvalue weighted by Crippen LogP contribution is -2.54. The van der Waals surface area contributed by atoms with E-state index in [9.17, 15) is 22.8 Å². The number of aliphatic hydroxyl groups is 1. The van der Waals surface area contributed by atoms with Crippen molar-refractivity contribution in [2.75, 3.05) is 52.5 Å². The van der Waals surface area contributed by atoms with Crippen LogP contribution in [0.15, 0.2) is 18.2 Å². The first-order valence-electron chi connectivity index (χ1n) is 12.8. The van der Waals surface area contributed by atoms with Gasteiger partial charge in [0.2, 0.25) is 0 Å². The van der Waals surface area contributed by atoms with Gasteiger partial charge in [-0.25, -0.2) is 4.79 Å². The highest BCUT2D eigenvalue weighted by atomic mass is 32.2. The molecule has 2 aliphatic heterocycles. The number of aryl methyl sites for hydroxylation is 2. The number of ether oxygens (including phenoxy) is 1. The van der Waals surface area contributed by atoms with E-state index >= 15 is 0 Å². The molecule has 2 aromatic rings. The van der Waals surface area contributed by atoms with Gasteiger partial charge in [0.15, 0.2) is 5.60 Å². The molecule has 0 radical (unpaired) electrons. The number of morpholine rings is 1. The van der Waals surface area contributed by atoms with E-state index in [4.69, 9.17) is 25.2 Å². The number of H-pyrrole nitrogens is 1. The molecule has 40 heavy (non-hydrogen) atoms. The van der Waals surface area contributed by atoms with Gasteiger partial charge in [0, 0.05) is 62.4 Å². The van der Waals surface area contributed by atoms with E-state index in [1.165, 1.54) is 27.7 Å². The summed E-state index contributed by atoms with van der Waals surface area (Å²) in [4.78, 5) is 36.3. The molecule has 0 spiro atoms. The minimum absolute atomic E-state index is 0.455. The van der Waals surface area contributed by atoms with Crippen LogP contribution in [-0.4, -0.2) is 123 Å². The van der Waals surface area contributed by atoms with E-state index in [1.54, 1.807) is 8.61 Å². The lowest BCUT2D eigenvalue weighted by Gasteiger charge is -2.37. The normalized spacial score (nSPS) is 17.8. The number of carbonyl (C=O) groups is 3. The second-order valence-electron chi connectivity index (χ2n) is 9.95. The number of nitrogens with one attached hydrogen (secondary N) is 1. The topological polar surface area (TPSA) is 201 Å². The maximum atomic E-state index is 12.8. The Bertz CT molecular complexity index is 1310. The van der Waals surface area contributed by atoms with Crippen molar-refractivity contribution in [1.29, 1.82) is 0 Å². The molecule has 1 aromatic heterocycles. The van der Waals surface area contributed by atoms with Crippen LogP contribution in [0.4, 0.5) is 0 Å². The molecular formula is C25H36N4O10S. The quantitative estimate of drug-likeness (QED) is 0.270. The van der Waals surface area contributed by atoms with Crippen LogP contribution in [0.1, 0.15) is 29.7 Å². The van der Waals surface area contributed by atoms with Crippen molar-refractivity contribution in [1.82, 2.24) is 18.5 Å². The molecule has 4 rings (SSSR count). The first kappa shape index (κ1) is 31.4. The number of rotatable bonds is 9. The molecule has 0 unspecified atom stereocenters. The third kappa shape index (κ3) is 7.77. The molecule has 2 saturated heterocycles. The van der Waals surface area contributed by atoms with Crippen LogP contribution >= 0.6 is 0 Å². The number of carboxylic acid groups (broad SMARTS) is 3. The van der Waals surface area contributed by atoms with E-state index in [2.05, 4.69) is 41.9 Å². The number of benzene rings is 1. The van der Waals surface area contributed by atoms with Crippen molar-refractivity contribution in [3.8, 4) is 0 Å². The van der Waals surface area contributed by atoms with Crippen LogP contribution in [0.2, 0.25) is 0 Å². The molecule has 1 aromatic carbocycles. The number of aromatic nitrogens is 1. The Kier molecular flexibility index (Phi) is 10.3. The van der Waals surface area contributed by atoms with Crippen molar-refractivity contribution < 1.29 is 48.0 Å². The largest absolute Gasteiger partial charge is 0.481 e. The number of hydrogen-bond acceptors (Lipinski definition) is 8. The Hall–Kier alpha value is -3.08. The summed E-state index contributed by atoms with van der Waals surface area (Å²) in [5.74, 6) is -5.02. The van der Waals surface area contributed by atoms with Gasteiger partial charge < -0.3 is 30.1 Å². The average Bonchev–Trinajstić information content (AvgIpc) is 3.18. The van der Waals surface area contributed by atoms with Crippen LogP contribution < -0.4 is 0 Å². The Labute approximate surface area is 231 Å². The van der Waals surface area contributed by atoms with Crippen molar-refractivity contribution in [3.63, 3.8) is 0 Å². The summed E-state index contributed by atoms with van der Waals surface area (Å²) in [5, 5.41) is 35.1. The van der Waals surface area contributed by atoms with Crippen LogP contribution in [0.5, 0.6) is 0 Å². The highest BCUT2D eigenvalue weighted by Gasteiger charge is 2.40. The fourth-order valence-electron chi connectivity index (χ4n) is 4.65. The third-order valence-corrected chi connectivity index (χ3v) is 8.97. The predicted octanol–water partition coefficient (Wildman–Crippen LogP) is 0.231. The molecule has 2 fully saturated rings. The standard InChI is InChI=1S/C19H28N4O3S.C6H8O7/c1-15-3-4-18-17(13-15)16(2)19(20-18)14-21-5-7-22(8-6-21)27(24,25)23-9-11-26-12-10-23;7-3(8)1-6(13,5(11)12)2-4(9)10/h3-4,13,20H,5-12,14H2,1-2H3;13H,1-2H2,(H,7,8)(H,9,10)(H,11,12). The van der Waals surface area contributed by atoms with Gasteiger partial charge in [-0.05, 0) is 31.5 Å². The van der Waals surface area contributed by atoms with Gasteiger partial charge in [-0.2, -0.15) is 17.0 Å². The zero-order valence-corrected chi connectivity index (χ0v) is 23.3. The van der Waals surface area contributed by atoms with Gasteiger partial charge in [-0.1, -0.05) is 11.6 Å². The lowest BCUT2D eigenvalue weighted by atomic mass is 9.96. The molecular weight excluding hydrogens is 548 g/mol. The zero-order valence-electron chi connectivity index (χ0n) is 22.5. The van der Waals surface area contributed by atoms with Gasteiger partial charge in [0.25, 0.3) is 10.2 Å². The second-order valence-corrected chi connectivity index (χ2v) is 11.9. The Balaban J connectivity index is 0.000000289. The summed E-state index contributed by atoms with van der Waals surface area (Å²) in [7, 11) is -3.36. The molecule has 3 heterocycles. The number of carboxylic acids is 3. The van der Waals surface area contributed by atoms with Crippen molar-refractivity contribution in [2.24, 2.45) is 0 Å². The number of hydrogen-bond donors (Lipinski definition) is 5. The number of fused-ring (bicyclic) bond motifs is 1. The predicted molar refractivity (Wildman–Crippen MR) is 143 cm³/mol. The molecule has 222 valence electrons. The van der Waals surface area contributed by atoms with E-state index in [0.29, 0.717) is 39.4 Å². The summed E-state index contributed by atoms with van der Waals surface area (Å²) >= 11 is 0. The first-order chi connectivity index (χ1) is 18.7. The maximum Gasteiger partial charge on any atom is 0.336 e. The summed E-state index contributed by atoms with van der Waals surface area (Å²) in [6.45, 7) is 9.55. The maximum absolute atomic E-state index is 12.8. The SMILES string of the molecule is Cc1ccc2[nH]c(CN3CCN(S(=O)(=O)N4CCOCC4)CC3)c(C)c2c1.O=C(O)CC(O)(CC(=O)O)C(=O)O. The highest BCUT2D eigenvalue weighted by molar-refractivity contribution is 7.86. The number of piperazine rings is 1. The summed E-state index contributed by atoms with van der Waals surface area (Å²) in [5.41, 5.74) is 2.20. The number of aliphatic carboxylic acids is 3. The summed E-state index contributed by atoms with van der Waals surface area (Å²) in [6, 6.07) is 6.48. The smallest absolute Gasteiger partial charge is 0.336 e. The van der Waals surface area contributed by atoms with Crippen LogP contribution in [0, 0.1) is 13.8 Å². The number of aromatic amines is 1. The minimum Gasteiger partial charge on any atom is -0.481 e. The van der Waals surface area contributed by atoms with Crippen molar-refractivity contribution >= 4 is 39.0 Å². The molecule has 5 N–H and O–H groups in total. The van der Waals surface area contributed by atoms with Crippen molar-refractivity contribution in [3.05, 3.63) is 35.0 Å². The Morgan fingerprint density at radius 1 is 0.925 bits per heavy atom. The Morgan fingerprint density at radius 2 is 1.48 bits per heavy atom. The molecule has 0 saturated carbocycles. The monoisotopic (exact) mass is 584 g/mol. The zero-order chi connectivity index (χ0) is 29.7. The van der Waals surface area contributed by atoms with Crippen LogP contribution in [-0.2, 0) is 35.9 Å². The molecule has 0 bridgehead atoms. The lowest BCUT2D eigenvalue weighted by molar-refractivity contribution is -0.170. The van der Waals surface area contributed by atoms with Gasteiger partial charge in [-0.3, -0.25) is 14.5 Å². The van der Waals surface area contributed by atoms with E-state index in [0.717, 1.165) is 19.6 Å². The fourth-order valence-corrected chi connectivity index (χ4v) is 6.21. The van der Waals surface area contributed by atoms with Gasteiger partial charge in [-0.15, -0.1) is 0 Å². The first-order valence-corrected chi connectivity index (χ1v) is 14.1. The molecule has 0 amide bonds. The third-order valence-electron chi connectivity index (χ3n) is 6.94. The van der Waals surface area contributed by atoms with Gasteiger partial charge in [0.1, 0.15) is 0 Å². The minimum atomic E-state index is -3.36. The highest BCUT2D eigenvalue weighted by Crippen LogP contribution is 2.24. The van der Waals surface area contributed by atoms with E-state index in [1.807, 2.05) is 0 Å². The summed E-state index contributed by atoms with van der Waals surface area (Å²) in [6.07, 6.45) is -2.29. The van der Waals surface area contributed by atoms with Crippen LogP contribution in [0.3, 0.4) is 0 Å². The van der Waals surface area contributed by atoms with Gasteiger partial charge in [0.05, 0.1) is 26.1 Å². The summed E-state index contributed by atoms with van der Waals surface area (Å²) < 4.78 is 34.0. The number of nitrogens with zero attached hydrogens (tertiary/aromatic N) is 3. The average molecular weight is 585 g/mol. The molecule has 14 nitrogen and oxygen atoms in total. The van der Waals surface area contributed by atoms with Gasteiger partial charge >= 0.3 is 17.9 Å². The molecule has 15 heteroatoms. The van der Waals surface area contributed by atoms with E-state index < -0.39 is 46.6 Å². The molecule has 0 aliphatic carbocycles. The fraction of sp³-hybridized carbons (Fsp3) is 0.560. The molecule has 2 aliphatic rings. The Morgan fingerprint density at radius 3 is 2.00 bits per heavy atom.